The number of carbonyl (C=O) groups excluding carboxylic acids is 2. The zero-order chi connectivity index (χ0) is 33.7. The molecule has 0 aliphatic heterocycles. The van der Waals surface area contributed by atoms with E-state index in [1.807, 2.05) is 92.4 Å². The lowest BCUT2D eigenvalue weighted by molar-refractivity contribution is -0.234. The fourth-order valence-corrected chi connectivity index (χ4v) is 18.6. The van der Waals surface area contributed by atoms with Gasteiger partial charge in [-0.15, -0.1) is 0 Å². The largest absolute Gasteiger partial charge is 0.459 e. The Labute approximate surface area is 261 Å². The minimum absolute atomic E-state index is 0.205. The van der Waals surface area contributed by atoms with Gasteiger partial charge in [0.25, 0.3) is 5.60 Å². The van der Waals surface area contributed by atoms with Gasteiger partial charge in [-0.25, -0.2) is 9.59 Å². The predicted octanol–water partition coefficient (Wildman–Crippen LogP) is 7.19. The maximum Gasteiger partial charge on any atom is 0.433 e. The van der Waals surface area contributed by atoms with Crippen LogP contribution >= 0.6 is 0 Å². The smallest absolute Gasteiger partial charge is 0.433 e. The van der Waals surface area contributed by atoms with Crippen LogP contribution in [0, 0.1) is 0 Å². The van der Waals surface area contributed by atoms with Gasteiger partial charge in [0.15, 0.2) is 33.3 Å². The topological polar surface area (TPSA) is 110 Å². The first-order chi connectivity index (χ1) is 18.5. The van der Waals surface area contributed by atoms with Crippen molar-refractivity contribution in [2.75, 3.05) is 0 Å². The first kappa shape index (κ1) is 41.3. The predicted molar refractivity (Wildman–Crippen MR) is 182 cm³/mol. The minimum atomic E-state index is -4.61. The molecule has 1 N–H and O–H groups in total. The van der Waals surface area contributed by atoms with Gasteiger partial charge in [-0.2, -0.15) is 0 Å². The van der Waals surface area contributed by atoms with Crippen molar-refractivity contribution >= 4 is 53.8 Å². The summed E-state index contributed by atoms with van der Waals surface area (Å²) < 4.78 is 39.7. The molecule has 246 valence electrons. The lowest BCUT2D eigenvalue weighted by atomic mass is 10.1. The van der Waals surface area contributed by atoms with Crippen LogP contribution in [0.1, 0.15) is 40.5 Å². The molecule has 3 unspecified atom stereocenters. The van der Waals surface area contributed by atoms with Crippen LogP contribution < -0.4 is 0 Å². The Balaban J connectivity index is 8.22. The van der Waals surface area contributed by atoms with Crippen LogP contribution in [0.4, 0.5) is 0 Å². The van der Waals surface area contributed by atoms with Gasteiger partial charge >= 0.3 is 20.5 Å². The van der Waals surface area contributed by atoms with Gasteiger partial charge in [0.05, 0.1) is 5.54 Å². The molecule has 0 amide bonds. The molecular formula is C28H60O9Si5. The lowest BCUT2D eigenvalue weighted by Crippen LogP contribution is -2.77. The first-order valence-electron chi connectivity index (χ1n) is 14.8. The molecule has 0 rings (SSSR count). The molecule has 0 saturated heterocycles. The monoisotopic (exact) mass is 680 g/mol. The Morgan fingerprint density at radius 1 is 0.643 bits per heavy atom. The van der Waals surface area contributed by atoms with Crippen molar-refractivity contribution < 1.29 is 41.3 Å². The molecule has 9 nitrogen and oxygen atoms in total. The van der Waals surface area contributed by atoms with Crippen molar-refractivity contribution in [3.63, 3.8) is 0 Å². The van der Waals surface area contributed by atoms with E-state index in [1.165, 1.54) is 0 Å². The third kappa shape index (κ3) is 13.1. The van der Waals surface area contributed by atoms with E-state index in [2.05, 4.69) is 13.2 Å². The maximum absolute atomic E-state index is 13.5. The Bertz CT molecular complexity index is 884. The van der Waals surface area contributed by atoms with Gasteiger partial charge in [-0.3, -0.25) is 0 Å². The maximum atomic E-state index is 13.5. The number of hydrogen-bond donors (Lipinski definition) is 1. The van der Waals surface area contributed by atoms with Gasteiger partial charge < -0.3 is 31.7 Å². The van der Waals surface area contributed by atoms with Crippen LogP contribution in [0.15, 0.2) is 24.3 Å². The second kappa shape index (κ2) is 15.1. The van der Waals surface area contributed by atoms with E-state index in [0.717, 1.165) is 0 Å². The summed E-state index contributed by atoms with van der Waals surface area (Å²) in [4.78, 5) is 39.5. The summed E-state index contributed by atoms with van der Waals surface area (Å²) >= 11 is 0. The molecule has 0 fully saturated rings. The van der Waals surface area contributed by atoms with E-state index in [1.54, 1.807) is 13.8 Å². The Kier molecular flexibility index (Phi) is 14.8. The van der Waals surface area contributed by atoms with Crippen LogP contribution in [0.2, 0.25) is 84.1 Å². The highest BCUT2D eigenvalue weighted by atomic mass is 28.4. The standard InChI is InChI=1S/C28H60O9Si5/c1-19-23(32-26(29)21(3)4)25(24(20-2)33-27(30)22(5)6)42(31,37-41(16,17)18)28(34-38(7,8)9,35-39(10,11)12)36-40(13,14)15/h23-25,31H,3,5,19-20H2,1-2,4,6-18H3. The molecule has 0 aliphatic rings. The summed E-state index contributed by atoms with van der Waals surface area (Å²) in [5, 5.41) is 0. The normalized spacial score (nSPS) is 17.1. The Hall–Kier alpha value is -0.696. The second-order valence-corrected chi connectivity index (χ2v) is 35.9. The fraction of sp³-hybridized carbons (Fsp3) is 0.786. The van der Waals surface area contributed by atoms with Crippen LogP contribution in [-0.2, 0) is 36.5 Å². The van der Waals surface area contributed by atoms with Gasteiger partial charge in [-0.05, 0) is 105 Å². The molecule has 0 aromatic heterocycles. The van der Waals surface area contributed by atoms with Crippen molar-refractivity contribution in [2.24, 2.45) is 0 Å². The van der Waals surface area contributed by atoms with E-state index >= 15 is 0 Å². The third-order valence-electron chi connectivity index (χ3n) is 5.49. The summed E-state index contributed by atoms with van der Waals surface area (Å²) in [6, 6.07) is 0. The number of carbonyl (C=O) groups is 2. The second-order valence-electron chi connectivity index (χ2n) is 14.9. The van der Waals surface area contributed by atoms with E-state index in [9.17, 15) is 14.4 Å². The molecule has 0 aromatic rings. The molecule has 0 saturated carbocycles. The highest BCUT2D eigenvalue weighted by molar-refractivity contribution is 6.86. The van der Waals surface area contributed by atoms with E-state index in [-0.39, 0.29) is 24.0 Å². The van der Waals surface area contributed by atoms with E-state index in [4.69, 9.17) is 26.9 Å². The highest BCUT2D eigenvalue weighted by Gasteiger charge is 2.72. The number of esters is 2. The molecule has 0 radical (unpaired) electrons. The average molecular weight is 681 g/mol. The molecule has 0 spiro atoms. The molecule has 42 heavy (non-hydrogen) atoms. The molecular weight excluding hydrogens is 621 g/mol. The Morgan fingerprint density at radius 2 is 0.929 bits per heavy atom. The highest BCUT2D eigenvalue weighted by Crippen LogP contribution is 2.48. The summed E-state index contributed by atoms with van der Waals surface area (Å²) in [5.74, 6) is -1.24. The van der Waals surface area contributed by atoms with Crippen molar-refractivity contribution in [1.29, 1.82) is 0 Å². The quantitative estimate of drug-likeness (QED) is 0.0696. The summed E-state index contributed by atoms with van der Waals surface area (Å²) in [5.41, 5.74) is -2.62. The van der Waals surface area contributed by atoms with Gasteiger partial charge in [0, 0.05) is 11.1 Å². The number of rotatable bonds is 18. The Morgan fingerprint density at radius 3 is 1.12 bits per heavy atom. The first-order valence-corrected chi connectivity index (χ1v) is 30.4. The van der Waals surface area contributed by atoms with Crippen molar-refractivity contribution in [3.8, 4) is 0 Å². The van der Waals surface area contributed by atoms with Crippen LogP contribution in [0.25, 0.3) is 0 Å². The van der Waals surface area contributed by atoms with Gasteiger partial charge in [0.1, 0.15) is 12.2 Å². The third-order valence-corrected chi connectivity index (χ3v) is 15.3. The fourth-order valence-electron chi connectivity index (χ4n) is 4.33. The van der Waals surface area contributed by atoms with Crippen LogP contribution in [0.5, 0.6) is 0 Å². The number of ether oxygens (including phenoxy) is 2. The average Bonchev–Trinajstić information content (AvgIpc) is 2.72. The number of hydrogen-bond acceptors (Lipinski definition) is 9. The van der Waals surface area contributed by atoms with E-state index in [0.29, 0.717) is 0 Å². The van der Waals surface area contributed by atoms with Crippen molar-refractivity contribution in [2.45, 2.75) is 142 Å². The molecule has 0 aromatic carbocycles. The van der Waals surface area contributed by atoms with E-state index < -0.39 is 77.1 Å². The zero-order valence-electron chi connectivity index (χ0n) is 29.3. The SMILES string of the molecule is C=C(C)C(=O)OC(CC)C(C(CC)OC(=O)C(=C)C)[Si](O)(O[Si](C)(C)C)C(O[Si](C)(C)C)(O[Si](C)(C)C)O[Si](C)(C)C. The molecule has 0 aliphatic carbocycles. The zero-order valence-corrected chi connectivity index (χ0v) is 34.3. The lowest BCUT2D eigenvalue weighted by Gasteiger charge is -2.55. The summed E-state index contributed by atoms with van der Waals surface area (Å²) in [7, 11) is -14.9. The van der Waals surface area contributed by atoms with Gasteiger partial charge in [0.2, 0.25) is 0 Å². The molecule has 0 heterocycles. The minimum Gasteiger partial charge on any atom is -0.459 e. The van der Waals surface area contributed by atoms with Crippen molar-refractivity contribution in [1.82, 2.24) is 0 Å². The molecule has 14 heteroatoms. The summed E-state index contributed by atoms with van der Waals surface area (Å²) in [6.45, 7) is 38.2. The van der Waals surface area contributed by atoms with Crippen molar-refractivity contribution in [3.05, 3.63) is 24.3 Å². The molecule has 3 atom stereocenters. The van der Waals surface area contributed by atoms with Gasteiger partial charge in [-0.1, -0.05) is 27.0 Å². The van der Waals surface area contributed by atoms with Crippen LogP contribution in [0.3, 0.4) is 0 Å². The molecule has 0 bridgehead atoms. The van der Waals surface area contributed by atoms with Crippen LogP contribution in [-0.4, -0.2) is 76.4 Å². The summed E-state index contributed by atoms with van der Waals surface area (Å²) in [6.07, 6.45) is -1.30.